The molecule has 1 saturated carbocycles. The van der Waals surface area contributed by atoms with Gasteiger partial charge < -0.3 is 9.52 Å². The second kappa shape index (κ2) is 7.58. The zero-order valence-corrected chi connectivity index (χ0v) is 15.4. The average molecular weight is 366 g/mol. The van der Waals surface area contributed by atoms with Gasteiger partial charge in [0.25, 0.3) is 0 Å². The number of hydrogen-bond donors (Lipinski definition) is 1. The van der Waals surface area contributed by atoms with E-state index < -0.39 is 5.63 Å². The maximum absolute atomic E-state index is 12.4. The molecule has 0 saturated heterocycles. The van der Waals surface area contributed by atoms with E-state index in [2.05, 4.69) is 6.07 Å². The summed E-state index contributed by atoms with van der Waals surface area (Å²) in [6, 6.07) is 15.3. The standard InChI is InChI=1S/C22H22O3S/c23-21-17-11-5-6-12-19(17)25-22(24)18(21)14-15-8-4-7-13-20(15)26-16-9-2-1-3-10-16/h4-8,11-13,16,23H,1-3,9-10,14H2. The van der Waals surface area contributed by atoms with Crippen LogP contribution in [0.25, 0.3) is 11.0 Å². The summed E-state index contributed by atoms with van der Waals surface area (Å²) >= 11 is 1.91. The van der Waals surface area contributed by atoms with Crippen molar-refractivity contribution in [3.8, 4) is 5.75 Å². The Bertz CT molecular complexity index is 971. The van der Waals surface area contributed by atoms with Gasteiger partial charge in [-0.2, -0.15) is 0 Å². The largest absolute Gasteiger partial charge is 0.507 e. The first-order valence-corrected chi connectivity index (χ1v) is 10.1. The van der Waals surface area contributed by atoms with Crippen molar-refractivity contribution in [1.82, 2.24) is 0 Å². The minimum atomic E-state index is -0.460. The highest BCUT2D eigenvalue weighted by molar-refractivity contribution is 8.00. The first-order valence-electron chi connectivity index (χ1n) is 9.20. The molecule has 0 spiro atoms. The molecule has 1 aromatic heterocycles. The van der Waals surface area contributed by atoms with Crippen molar-refractivity contribution in [1.29, 1.82) is 0 Å². The van der Waals surface area contributed by atoms with Gasteiger partial charge in [-0.3, -0.25) is 0 Å². The fourth-order valence-corrected chi connectivity index (χ4v) is 5.02. The summed E-state index contributed by atoms with van der Waals surface area (Å²) in [5.41, 5.74) is 1.36. The number of benzene rings is 2. The molecule has 4 heteroatoms. The quantitative estimate of drug-likeness (QED) is 0.618. The van der Waals surface area contributed by atoms with Gasteiger partial charge in [0, 0.05) is 16.6 Å². The second-order valence-corrected chi connectivity index (χ2v) is 8.22. The van der Waals surface area contributed by atoms with Crippen LogP contribution in [0, 0.1) is 0 Å². The van der Waals surface area contributed by atoms with E-state index in [0.29, 0.717) is 28.2 Å². The molecule has 1 fully saturated rings. The van der Waals surface area contributed by atoms with Crippen molar-refractivity contribution in [3.05, 3.63) is 70.1 Å². The lowest BCUT2D eigenvalue weighted by atomic mass is 10.0. The summed E-state index contributed by atoms with van der Waals surface area (Å²) in [4.78, 5) is 13.6. The van der Waals surface area contributed by atoms with Crippen molar-refractivity contribution in [2.75, 3.05) is 0 Å². The van der Waals surface area contributed by atoms with Gasteiger partial charge in [0.2, 0.25) is 0 Å². The normalized spacial score (nSPS) is 15.4. The molecular formula is C22H22O3S. The Labute approximate surface area is 157 Å². The summed E-state index contributed by atoms with van der Waals surface area (Å²) in [5, 5.41) is 11.9. The highest BCUT2D eigenvalue weighted by atomic mass is 32.2. The molecule has 1 aliphatic carbocycles. The van der Waals surface area contributed by atoms with E-state index in [1.54, 1.807) is 18.2 Å². The zero-order valence-electron chi connectivity index (χ0n) is 14.6. The lowest BCUT2D eigenvalue weighted by Crippen LogP contribution is -2.10. The van der Waals surface area contributed by atoms with Crippen LogP contribution in [0.1, 0.15) is 43.2 Å². The van der Waals surface area contributed by atoms with Gasteiger partial charge in [-0.1, -0.05) is 49.6 Å². The molecular weight excluding hydrogens is 344 g/mol. The van der Waals surface area contributed by atoms with Gasteiger partial charge in [0.05, 0.1) is 10.9 Å². The van der Waals surface area contributed by atoms with Crippen LogP contribution in [0.2, 0.25) is 0 Å². The predicted octanol–water partition coefficient (Wildman–Crippen LogP) is 5.51. The molecule has 3 nitrogen and oxygen atoms in total. The maximum atomic E-state index is 12.4. The monoisotopic (exact) mass is 366 g/mol. The Morgan fingerprint density at radius 2 is 1.73 bits per heavy atom. The summed E-state index contributed by atoms with van der Waals surface area (Å²) in [5.74, 6) is 0.0364. The van der Waals surface area contributed by atoms with Crippen LogP contribution in [0.3, 0.4) is 0 Å². The van der Waals surface area contributed by atoms with Gasteiger partial charge >= 0.3 is 5.63 Å². The number of para-hydroxylation sites is 1. The fourth-order valence-electron chi connectivity index (χ4n) is 3.65. The van der Waals surface area contributed by atoms with Crippen LogP contribution < -0.4 is 5.63 Å². The molecule has 2 aromatic carbocycles. The van der Waals surface area contributed by atoms with Gasteiger partial charge in [-0.05, 0) is 36.6 Å². The SMILES string of the molecule is O=c1oc2ccccc2c(O)c1Cc1ccccc1SC1CCCCC1. The predicted molar refractivity (Wildman–Crippen MR) is 106 cm³/mol. The third kappa shape index (κ3) is 3.51. The highest BCUT2D eigenvalue weighted by Gasteiger charge is 2.19. The van der Waals surface area contributed by atoms with E-state index in [4.69, 9.17) is 4.42 Å². The van der Waals surface area contributed by atoms with Crippen molar-refractivity contribution < 1.29 is 9.52 Å². The molecule has 0 unspecified atom stereocenters. The lowest BCUT2D eigenvalue weighted by molar-refractivity contribution is 0.458. The van der Waals surface area contributed by atoms with Crippen LogP contribution in [0.15, 0.2) is 62.6 Å². The van der Waals surface area contributed by atoms with E-state index in [-0.39, 0.29) is 5.75 Å². The smallest absolute Gasteiger partial charge is 0.343 e. The average Bonchev–Trinajstić information content (AvgIpc) is 2.67. The van der Waals surface area contributed by atoms with Crippen LogP contribution >= 0.6 is 11.8 Å². The Kier molecular flexibility index (Phi) is 5.02. The second-order valence-electron chi connectivity index (χ2n) is 6.88. The maximum Gasteiger partial charge on any atom is 0.343 e. The highest BCUT2D eigenvalue weighted by Crippen LogP contribution is 2.36. The molecule has 1 N–H and O–H groups in total. The molecule has 0 aliphatic heterocycles. The number of thioether (sulfide) groups is 1. The lowest BCUT2D eigenvalue weighted by Gasteiger charge is -2.22. The molecule has 3 aromatic rings. The summed E-state index contributed by atoms with van der Waals surface area (Å²) in [6.45, 7) is 0. The van der Waals surface area contributed by atoms with Crippen LogP contribution in [0.5, 0.6) is 5.75 Å². The van der Waals surface area contributed by atoms with Crippen LogP contribution in [0.4, 0.5) is 0 Å². The fraction of sp³-hybridized carbons (Fsp3) is 0.318. The molecule has 0 amide bonds. The van der Waals surface area contributed by atoms with Gasteiger partial charge in [-0.25, -0.2) is 4.79 Å². The van der Waals surface area contributed by atoms with Gasteiger partial charge in [0.15, 0.2) is 0 Å². The minimum absolute atomic E-state index is 0.0364. The molecule has 0 radical (unpaired) electrons. The molecule has 134 valence electrons. The van der Waals surface area contributed by atoms with Crippen molar-refractivity contribution in [2.45, 2.75) is 48.7 Å². The molecule has 4 rings (SSSR count). The third-order valence-electron chi connectivity index (χ3n) is 5.06. The van der Waals surface area contributed by atoms with Crippen molar-refractivity contribution >= 4 is 22.7 Å². The first-order chi connectivity index (χ1) is 12.7. The molecule has 26 heavy (non-hydrogen) atoms. The Morgan fingerprint density at radius 3 is 2.58 bits per heavy atom. The van der Waals surface area contributed by atoms with Crippen LogP contribution in [-0.4, -0.2) is 10.4 Å². The number of aromatic hydroxyl groups is 1. The van der Waals surface area contributed by atoms with E-state index >= 15 is 0 Å². The molecule has 1 heterocycles. The Hall–Kier alpha value is -2.20. The minimum Gasteiger partial charge on any atom is -0.507 e. The summed E-state index contributed by atoms with van der Waals surface area (Å²) in [7, 11) is 0. The van der Waals surface area contributed by atoms with E-state index in [0.717, 1.165) is 5.56 Å². The van der Waals surface area contributed by atoms with Crippen molar-refractivity contribution in [3.63, 3.8) is 0 Å². The third-order valence-corrected chi connectivity index (χ3v) is 6.52. The van der Waals surface area contributed by atoms with Crippen molar-refractivity contribution in [2.24, 2.45) is 0 Å². The molecule has 0 atom stereocenters. The number of hydrogen-bond acceptors (Lipinski definition) is 4. The number of fused-ring (bicyclic) bond motifs is 1. The van der Waals surface area contributed by atoms with Gasteiger partial charge in [0.1, 0.15) is 11.3 Å². The number of rotatable bonds is 4. The zero-order chi connectivity index (χ0) is 17.9. The summed E-state index contributed by atoms with van der Waals surface area (Å²) in [6.07, 6.45) is 6.83. The topological polar surface area (TPSA) is 50.4 Å². The summed E-state index contributed by atoms with van der Waals surface area (Å²) < 4.78 is 5.41. The van der Waals surface area contributed by atoms with E-state index in [1.807, 2.05) is 36.0 Å². The van der Waals surface area contributed by atoms with E-state index in [1.165, 1.54) is 37.0 Å². The van der Waals surface area contributed by atoms with Gasteiger partial charge in [-0.15, -0.1) is 11.8 Å². The Morgan fingerprint density at radius 1 is 1.00 bits per heavy atom. The van der Waals surface area contributed by atoms with E-state index in [9.17, 15) is 9.90 Å². The molecule has 0 bridgehead atoms. The van der Waals surface area contributed by atoms with Crippen LogP contribution in [-0.2, 0) is 6.42 Å². The first kappa shape index (κ1) is 17.2. The Balaban J connectivity index is 1.67. The molecule has 1 aliphatic rings.